The van der Waals surface area contributed by atoms with Crippen LogP contribution in [0, 0.1) is 0 Å². The summed E-state index contributed by atoms with van der Waals surface area (Å²) in [5, 5.41) is 0. The summed E-state index contributed by atoms with van der Waals surface area (Å²) in [6, 6.07) is 27.3. The minimum atomic E-state index is -0.288. The molecule has 0 saturated carbocycles. The maximum absolute atomic E-state index is 6.17. The van der Waals surface area contributed by atoms with Gasteiger partial charge in [-0.15, -0.1) is 0 Å². The van der Waals surface area contributed by atoms with Crippen molar-refractivity contribution in [2.24, 2.45) is 0 Å². The Morgan fingerprint density at radius 2 is 1.23 bits per heavy atom. The minimum Gasteiger partial charge on any atom is -0.489 e. The predicted molar refractivity (Wildman–Crippen MR) is 108 cm³/mol. The lowest BCUT2D eigenvalue weighted by atomic mass is 10.2. The summed E-state index contributed by atoms with van der Waals surface area (Å²) in [6.45, 7) is 6.15. The second-order valence-electron chi connectivity index (χ2n) is 6.93. The fourth-order valence-corrected chi connectivity index (χ4v) is 4.99. The molecule has 0 saturated heterocycles. The second kappa shape index (κ2) is 7.88. The molecule has 3 aromatic rings. The number of methoxy groups -OCH3 is 1. The normalized spacial score (nSPS) is 11.4. The van der Waals surface area contributed by atoms with E-state index in [2.05, 4.69) is 54.6 Å². The molecule has 0 unspecified atom stereocenters. The number of ether oxygens (including phenoxy) is 2. The Balaban J connectivity index is 2.17. The van der Waals surface area contributed by atoms with Gasteiger partial charge in [-0.05, 0) is 57.2 Å². The van der Waals surface area contributed by atoms with E-state index < -0.39 is 0 Å². The van der Waals surface area contributed by atoms with E-state index in [1.54, 1.807) is 7.11 Å². The summed E-state index contributed by atoms with van der Waals surface area (Å²) in [5.41, 5.74) is -0.288. The highest BCUT2D eigenvalue weighted by molar-refractivity contribution is 7.97. The fourth-order valence-electron chi connectivity index (χ4n) is 2.77. The van der Waals surface area contributed by atoms with Crippen LogP contribution in [0.2, 0.25) is 0 Å². The first kappa shape index (κ1) is 18.4. The van der Waals surface area contributed by atoms with Gasteiger partial charge in [-0.3, -0.25) is 0 Å². The largest absolute Gasteiger partial charge is 0.489 e. The van der Waals surface area contributed by atoms with Gasteiger partial charge in [-0.2, -0.15) is 0 Å². The van der Waals surface area contributed by atoms with Crippen LogP contribution in [-0.2, 0) is 10.9 Å². The van der Waals surface area contributed by atoms with E-state index in [9.17, 15) is 0 Å². The van der Waals surface area contributed by atoms with Crippen molar-refractivity contribution in [2.75, 3.05) is 7.11 Å². The Kier molecular flexibility index (Phi) is 5.58. The van der Waals surface area contributed by atoms with Crippen molar-refractivity contribution in [1.29, 1.82) is 0 Å². The zero-order valence-corrected chi connectivity index (χ0v) is 16.5. The highest BCUT2D eigenvalue weighted by atomic mass is 32.2. The maximum Gasteiger partial charge on any atom is 0.217 e. The number of rotatable bonds is 5. The van der Waals surface area contributed by atoms with Gasteiger partial charge in [-0.25, -0.2) is 0 Å². The molecule has 0 aliphatic rings. The van der Waals surface area contributed by atoms with Crippen LogP contribution in [0.25, 0.3) is 0 Å². The number of hydrogen-bond acceptors (Lipinski definition) is 2. The van der Waals surface area contributed by atoms with E-state index in [0.29, 0.717) is 0 Å². The van der Waals surface area contributed by atoms with Gasteiger partial charge < -0.3 is 9.47 Å². The molecule has 0 spiro atoms. The standard InChI is InChI=1S/C23H25O2S/c1-23(2,3)25-20-16-11-17-21(22(20)24-4)26(18-12-7-5-8-13-18)19-14-9-6-10-15-19/h5-17H,1-4H3/q+1. The van der Waals surface area contributed by atoms with Gasteiger partial charge in [0.2, 0.25) is 10.6 Å². The second-order valence-corrected chi connectivity index (χ2v) is 8.93. The van der Waals surface area contributed by atoms with Gasteiger partial charge in [0.15, 0.2) is 15.5 Å². The molecule has 0 aliphatic heterocycles. The van der Waals surface area contributed by atoms with Crippen LogP contribution in [0.5, 0.6) is 11.5 Å². The summed E-state index contributed by atoms with van der Waals surface area (Å²) in [5.74, 6) is 1.58. The smallest absolute Gasteiger partial charge is 0.217 e. The molecule has 0 radical (unpaired) electrons. The van der Waals surface area contributed by atoms with E-state index >= 15 is 0 Å². The van der Waals surface area contributed by atoms with Crippen LogP contribution in [0.3, 0.4) is 0 Å². The summed E-state index contributed by atoms with van der Waals surface area (Å²) in [4.78, 5) is 3.64. The Hall–Kier alpha value is -2.39. The molecule has 3 aromatic carbocycles. The third-order valence-electron chi connectivity index (χ3n) is 3.74. The SMILES string of the molecule is COc1c(OC(C)(C)C)cccc1[S+](c1ccccc1)c1ccccc1. The zero-order valence-electron chi connectivity index (χ0n) is 15.7. The van der Waals surface area contributed by atoms with Gasteiger partial charge in [0, 0.05) is 0 Å². The van der Waals surface area contributed by atoms with E-state index in [4.69, 9.17) is 9.47 Å². The summed E-state index contributed by atoms with van der Waals surface area (Å²) < 4.78 is 12.0. The van der Waals surface area contributed by atoms with Crippen LogP contribution < -0.4 is 9.47 Å². The lowest BCUT2D eigenvalue weighted by molar-refractivity contribution is 0.125. The average Bonchev–Trinajstić information content (AvgIpc) is 2.63. The van der Waals surface area contributed by atoms with Gasteiger partial charge >= 0.3 is 0 Å². The highest BCUT2D eigenvalue weighted by Crippen LogP contribution is 2.42. The van der Waals surface area contributed by atoms with Crippen LogP contribution in [0.4, 0.5) is 0 Å². The quantitative estimate of drug-likeness (QED) is 0.519. The Morgan fingerprint density at radius 1 is 0.692 bits per heavy atom. The molecule has 3 heteroatoms. The molecule has 134 valence electrons. The van der Waals surface area contributed by atoms with Crippen LogP contribution >= 0.6 is 0 Å². The van der Waals surface area contributed by atoms with E-state index in [0.717, 1.165) is 16.4 Å². The van der Waals surface area contributed by atoms with Crippen molar-refractivity contribution in [3.8, 4) is 11.5 Å². The molecule has 3 rings (SSSR count). The first-order valence-electron chi connectivity index (χ1n) is 8.70. The Labute approximate surface area is 159 Å². The molecule has 0 amide bonds. The summed E-state index contributed by atoms with van der Waals surface area (Å²) in [6.07, 6.45) is 0. The zero-order chi connectivity index (χ0) is 18.6. The number of para-hydroxylation sites is 1. The van der Waals surface area contributed by atoms with Crippen molar-refractivity contribution in [2.45, 2.75) is 41.1 Å². The van der Waals surface area contributed by atoms with Gasteiger partial charge in [0.1, 0.15) is 16.5 Å². The average molecular weight is 366 g/mol. The Morgan fingerprint density at radius 3 is 1.69 bits per heavy atom. The third kappa shape index (κ3) is 4.23. The van der Waals surface area contributed by atoms with Crippen molar-refractivity contribution >= 4 is 10.9 Å². The first-order valence-corrected chi connectivity index (χ1v) is 9.92. The van der Waals surface area contributed by atoms with Crippen LogP contribution in [0.1, 0.15) is 20.8 Å². The molecule has 0 heterocycles. The third-order valence-corrected chi connectivity index (χ3v) is 5.99. The lowest BCUT2D eigenvalue weighted by Crippen LogP contribution is -2.23. The molecule has 0 N–H and O–H groups in total. The molecule has 0 bridgehead atoms. The van der Waals surface area contributed by atoms with Crippen molar-refractivity contribution in [3.05, 3.63) is 78.9 Å². The van der Waals surface area contributed by atoms with Crippen molar-refractivity contribution in [3.63, 3.8) is 0 Å². The monoisotopic (exact) mass is 365 g/mol. The summed E-state index contributed by atoms with van der Waals surface area (Å²) >= 11 is 0. The highest BCUT2D eigenvalue weighted by Gasteiger charge is 2.34. The predicted octanol–water partition coefficient (Wildman–Crippen LogP) is 5.97. The van der Waals surface area contributed by atoms with E-state index in [-0.39, 0.29) is 16.5 Å². The Bertz CT molecular complexity index is 800. The molecule has 0 aliphatic carbocycles. The molecule has 0 atom stereocenters. The van der Waals surface area contributed by atoms with Crippen LogP contribution in [0.15, 0.2) is 93.5 Å². The molecule has 26 heavy (non-hydrogen) atoms. The van der Waals surface area contributed by atoms with Gasteiger partial charge in [0.25, 0.3) is 0 Å². The van der Waals surface area contributed by atoms with Crippen molar-refractivity contribution < 1.29 is 9.47 Å². The van der Waals surface area contributed by atoms with E-state index in [1.807, 2.05) is 45.0 Å². The molecular weight excluding hydrogens is 340 g/mol. The van der Waals surface area contributed by atoms with Gasteiger partial charge in [0.05, 0.1) is 7.11 Å². The van der Waals surface area contributed by atoms with Crippen LogP contribution in [-0.4, -0.2) is 12.7 Å². The first-order chi connectivity index (χ1) is 12.5. The van der Waals surface area contributed by atoms with Gasteiger partial charge in [-0.1, -0.05) is 42.5 Å². The summed E-state index contributed by atoms with van der Waals surface area (Å²) in [7, 11) is 1.44. The number of benzene rings is 3. The molecule has 2 nitrogen and oxygen atoms in total. The number of hydrogen-bond donors (Lipinski definition) is 0. The topological polar surface area (TPSA) is 18.5 Å². The maximum atomic E-state index is 6.17. The van der Waals surface area contributed by atoms with E-state index in [1.165, 1.54) is 9.79 Å². The van der Waals surface area contributed by atoms with Crippen molar-refractivity contribution in [1.82, 2.24) is 0 Å². The minimum absolute atomic E-state index is 0.270. The molecular formula is C23H25O2S+. The fraction of sp³-hybridized carbons (Fsp3) is 0.217. The molecule has 0 fully saturated rings. The lowest BCUT2D eigenvalue weighted by Gasteiger charge is -2.23. The molecule has 0 aromatic heterocycles.